The number of carbonyl (C=O) groups excluding carboxylic acids is 4. The lowest BCUT2D eigenvalue weighted by molar-refractivity contribution is -0.295. The molecule has 4 heterocycles. The second kappa shape index (κ2) is 20.8. The molecule has 0 amide bonds. The van der Waals surface area contributed by atoms with Crippen molar-refractivity contribution in [3.8, 4) is 11.3 Å². The zero-order chi connectivity index (χ0) is 44.7. The molecule has 0 bridgehead atoms. The normalized spacial score (nSPS) is 34.9. The summed E-state index contributed by atoms with van der Waals surface area (Å²) in [4.78, 5) is 70.4. The van der Waals surface area contributed by atoms with Crippen LogP contribution in [0.4, 0.5) is 5.95 Å². The molecule has 0 aliphatic carbocycles. The van der Waals surface area contributed by atoms with Gasteiger partial charge in [-0.1, -0.05) is 27.7 Å². The number of aryl methyl sites for hydroxylation is 1. The number of aliphatic hydroxyl groups excluding tert-OH is 1. The third-order valence-electron chi connectivity index (χ3n) is 12.5. The molecule has 2 aliphatic rings. The van der Waals surface area contributed by atoms with E-state index in [1.165, 1.54) is 21.0 Å². The van der Waals surface area contributed by atoms with Gasteiger partial charge in [-0.2, -0.15) is 0 Å². The van der Waals surface area contributed by atoms with E-state index in [0.717, 1.165) is 12.0 Å². The minimum Gasteiger partial charge on any atom is -0.458 e. The van der Waals surface area contributed by atoms with Gasteiger partial charge in [0.05, 0.1) is 35.9 Å². The quantitative estimate of drug-likeness (QED) is 0.149. The highest BCUT2D eigenvalue weighted by atomic mass is 16.7. The largest absolute Gasteiger partial charge is 0.458 e. The first-order chi connectivity index (χ1) is 28.2. The summed E-state index contributed by atoms with van der Waals surface area (Å²) in [5.74, 6) is -5.52. The van der Waals surface area contributed by atoms with E-state index in [9.17, 15) is 24.3 Å². The van der Waals surface area contributed by atoms with Crippen molar-refractivity contribution in [3.05, 3.63) is 24.9 Å². The number of Topliss-reactive ketones (excluding diaryl/α,β-unsaturated/α-hetero) is 2. The molecule has 0 radical (unpaired) electrons. The average molecular weight is 844 g/mol. The maximum Gasteiger partial charge on any atom is 0.316 e. The number of aromatic nitrogens is 4. The number of imidazole rings is 1. The number of rotatable bonds is 13. The van der Waals surface area contributed by atoms with Gasteiger partial charge in [-0.05, 0) is 80.4 Å². The van der Waals surface area contributed by atoms with Crippen LogP contribution in [-0.2, 0) is 49.4 Å². The van der Waals surface area contributed by atoms with Crippen LogP contribution in [0.3, 0.4) is 0 Å². The summed E-state index contributed by atoms with van der Waals surface area (Å²) in [5, 5.41) is 15.0. The summed E-state index contributed by atoms with van der Waals surface area (Å²) < 4.78 is 33.1. The van der Waals surface area contributed by atoms with Crippen LogP contribution >= 0.6 is 0 Å². The highest BCUT2D eigenvalue weighted by Crippen LogP contribution is 2.39. The predicted molar refractivity (Wildman–Crippen MR) is 223 cm³/mol. The van der Waals surface area contributed by atoms with Crippen molar-refractivity contribution in [1.82, 2.24) is 29.7 Å². The second-order valence-corrected chi connectivity index (χ2v) is 17.4. The molecule has 3 unspecified atom stereocenters. The number of nitrogens with one attached hydrogen (secondary N) is 1. The van der Waals surface area contributed by atoms with E-state index in [4.69, 9.17) is 29.4 Å². The number of methoxy groups -OCH3 is 1. The molecule has 2 aliphatic heterocycles. The van der Waals surface area contributed by atoms with E-state index in [-0.39, 0.29) is 36.7 Å². The number of carbonyl (C=O) groups is 4. The first-order valence-electron chi connectivity index (χ1n) is 21.2. The Morgan fingerprint density at radius 2 is 1.72 bits per heavy atom. The molecule has 2 fully saturated rings. The maximum atomic E-state index is 14.7. The summed E-state index contributed by atoms with van der Waals surface area (Å²) in [6.45, 7) is 16.2. The monoisotopic (exact) mass is 844 g/mol. The molecule has 0 aromatic carbocycles. The van der Waals surface area contributed by atoms with Crippen molar-refractivity contribution in [2.45, 2.75) is 155 Å². The van der Waals surface area contributed by atoms with Gasteiger partial charge in [0.25, 0.3) is 0 Å². The number of unbranched alkanes of at least 4 members (excludes halogenated alkanes) is 1. The summed E-state index contributed by atoms with van der Waals surface area (Å²) in [6.07, 6.45) is 4.65. The second-order valence-electron chi connectivity index (χ2n) is 17.4. The lowest BCUT2D eigenvalue weighted by Crippen LogP contribution is -2.64. The van der Waals surface area contributed by atoms with Crippen molar-refractivity contribution in [3.63, 3.8) is 0 Å². The zero-order valence-electron chi connectivity index (χ0n) is 37.5. The molecular weight excluding hydrogens is 775 g/mol. The van der Waals surface area contributed by atoms with Crippen LogP contribution in [0, 0.1) is 23.7 Å². The Morgan fingerprint density at radius 3 is 2.32 bits per heavy atom. The number of likely N-dealkylation sites (N-methyl/N-ethyl adjacent to an activating group) is 1. The number of cyclic esters (lactones) is 1. The minimum atomic E-state index is -1.52. The number of ether oxygens (including phenoxy) is 5. The molecule has 60 heavy (non-hydrogen) atoms. The molecule has 2 aromatic rings. The molecule has 17 nitrogen and oxygen atoms in total. The fourth-order valence-electron chi connectivity index (χ4n) is 9.03. The van der Waals surface area contributed by atoms with Crippen LogP contribution < -0.4 is 11.1 Å². The van der Waals surface area contributed by atoms with Crippen molar-refractivity contribution in [2.24, 2.45) is 23.7 Å². The van der Waals surface area contributed by atoms with Crippen LogP contribution in [0.15, 0.2) is 24.9 Å². The van der Waals surface area contributed by atoms with Gasteiger partial charge in [0.2, 0.25) is 5.95 Å². The third kappa shape index (κ3) is 11.3. The van der Waals surface area contributed by atoms with Crippen LogP contribution in [0.25, 0.3) is 11.3 Å². The van der Waals surface area contributed by atoms with Crippen molar-refractivity contribution in [2.75, 3.05) is 33.5 Å². The van der Waals surface area contributed by atoms with E-state index in [1.54, 1.807) is 60.3 Å². The topological polar surface area (TPSA) is 220 Å². The third-order valence-corrected chi connectivity index (χ3v) is 12.5. The Kier molecular flexibility index (Phi) is 16.9. The first-order valence-corrected chi connectivity index (χ1v) is 21.2. The molecule has 17 heteroatoms. The maximum absolute atomic E-state index is 14.7. The Bertz CT molecular complexity index is 1760. The number of aliphatic hydroxyl groups is 1. The van der Waals surface area contributed by atoms with Gasteiger partial charge in [0, 0.05) is 68.5 Å². The van der Waals surface area contributed by atoms with E-state index in [1.807, 2.05) is 36.7 Å². The molecule has 13 atom stereocenters. The minimum absolute atomic E-state index is 0.118. The first kappa shape index (κ1) is 48.8. The van der Waals surface area contributed by atoms with Gasteiger partial charge in [-0.25, -0.2) is 15.0 Å². The molecule has 4 rings (SSSR count). The number of hydrogen-bond donors (Lipinski definition) is 3. The molecule has 0 saturated carbocycles. The summed E-state index contributed by atoms with van der Waals surface area (Å²) in [7, 11) is 5.23. The molecule has 0 spiro atoms. The smallest absolute Gasteiger partial charge is 0.316 e. The number of hydrogen-bond acceptors (Lipinski definition) is 16. The van der Waals surface area contributed by atoms with Gasteiger partial charge in [0.1, 0.15) is 23.9 Å². The van der Waals surface area contributed by atoms with E-state index >= 15 is 0 Å². The van der Waals surface area contributed by atoms with E-state index in [0.29, 0.717) is 31.6 Å². The predicted octanol–water partition coefficient (Wildman–Crippen LogP) is 3.61. The molecule has 336 valence electrons. The SMILES string of the molecule is CC[C@H]1OC(=O)[C@H](C)C(=O)[C@H](C)C(OC2O[C@H](C)C[C@H](N(C)C)[C@H]2O)[C@](C)(OC)C[C@@H](C)C(=O)[C@H](C)C(NCCCCn2cnc(-c3cnc(N)nc3)c2)[C@]1(C)OC(C)=O. The lowest BCUT2D eigenvalue weighted by Gasteiger charge is -2.47. The number of ketones is 2. The highest BCUT2D eigenvalue weighted by Gasteiger charge is 2.53. The summed E-state index contributed by atoms with van der Waals surface area (Å²) >= 11 is 0. The van der Waals surface area contributed by atoms with Gasteiger partial charge in [-0.3, -0.25) is 19.2 Å². The van der Waals surface area contributed by atoms with Gasteiger partial charge in [-0.15, -0.1) is 0 Å². The van der Waals surface area contributed by atoms with Crippen molar-refractivity contribution in [1.29, 1.82) is 0 Å². The van der Waals surface area contributed by atoms with Gasteiger partial charge < -0.3 is 49.3 Å². The number of nitrogens with two attached hydrogens (primary N) is 1. The number of anilines is 1. The molecule has 2 aromatic heterocycles. The Morgan fingerprint density at radius 1 is 1.05 bits per heavy atom. The molecule has 4 N–H and O–H groups in total. The lowest BCUT2D eigenvalue weighted by atomic mass is 9.73. The Balaban J connectivity index is 1.66. The average Bonchev–Trinajstić information content (AvgIpc) is 3.68. The number of nitrogen functional groups attached to an aromatic ring is 1. The van der Waals surface area contributed by atoms with Gasteiger partial charge in [0.15, 0.2) is 17.7 Å². The summed E-state index contributed by atoms with van der Waals surface area (Å²) in [5.41, 5.74) is 4.29. The van der Waals surface area contributed by atoms with Crippen molar-refractivity contribution >= 4 is 29.5 Å². The number of esters is 2. The van der Waals surface area contributed by atoms with E-state index < -0.39 is 83.2 Å². The summed E-state index contributed by atoms with van der Waals surface area (Å²) in [6, 6.07) is -1.10. The number of nitrogens with zero attached hydrogens (tertiary/aromatic N) is 5. The fourth-order valence-corrected chi connectivity index (χ4v) is 9.03. The Labute approximate surface area is 354 Å². The molecule has 2 saturated heterocycles. The van der Waals surface area contributed by atoms with Crippen LogP contribution in [0.1, 0.15) is 94.4 Å². The Hall–Kier alpha value is -3.87. The standard InChI is InChI=1S/C43H69N7O10/c1-13-33-43(9,60-29(7)51)37(45-16-14-15-17-50-22-31(48-23-50)30-20-46-41(44)47-21-30)26(4)34(52)24(2)19-42(8,56-12)38(27(5)35(53)28(6)39(55)58-33)59-40-36(54)32(49(10)11)18-25(3)57-40/h20-28,32-33,36-38,40,45,54H,13-19H2,1-12H3,(H2,44,46,47)/t24-,25-,26+,27+,28-,32+,33-,36-,37?,38?,40?,42-,43-/m1/s1. The fraction of sp³-hybridized carbons (Fsp3) is 0.744. The van der Waals surface area contributed by atoms with Crippen LogP contribution in [0.2, 0.25) is 0 Å². The zero-order valence-corrected chi connectivity index (χ0v) is 37.5. The highest BCUT2D eigenvalue weighted by molar-refractivity contribution is 6.00. The van der Waals surface area contributed by atoms with Crippen molar-refractivity contribution < 1.29 is 48.0 Å². The van der Waals surface area contributed by atoms with Crippen LogP contribution in [-0.4, -0.2) is 135 Å². The molecular formula is C43H69N7O10. The van der Waals surface area contributed by atoms with Crippen LogP contribution in [0.5, 0.6) is 0 Å². The van der Waals surface area contributed by atoms with E-state index in [2.05, 4.69) is 20.3 Å². The van der Waals surface area contributed by atoms with Gasteiger partial charge >= 0.3 is 11.9 Å².